The highest BCUT2D eigenvalue weighted by Gasteiger charge is 2.26. The van der Waals surface area contributed by atoms with Crippen molar-refractivity contribution in [3.8, 4) is 0 Å². The molecule has 1 atom stereocenters. The first-order valence-electron chi connectivity index (χ1n) is 10.5. The number of fused-ring (bicyclic) bond motifs is 1. The van der Waals surface area contributed by atoms with Crippen LogP contribution >= 0.6 is 15.9 Å². The predicted molar refractivity (Wildman–Crippen MR) is 129 cm³/mol. The van der Waals surface area contributed by atoms with Crippen LogP contribution in [0.3, 0.4) is 0 Å². The quantitative estimate of drug-likeness (QED) is 0.567. The molecule has 1 aromatic heterocycles. The van der Waals surface area contributed by atoms with Crippen molar-refractivity contribution in [2.75, 3.05) is 19.0 Å². The smallest absolute Gasteiger partial charge is 0.132 e. The number of benzodiazepines with no additional fused rings is 1. The molecule has 0 saturated heterocycles. The molecule has 0 unspecified atom stereocenters. The molecule has 3 rings (SSSR count). The second-order valence-corrected chi connectivity index (χ2v) is 9.04. The molecule has 1 aliphatic heterocycles. The van der Waals surface area contributed by atoms with Gasteiger partial charge in [-0.3, -0.25) is 19.8 Å². The minimum Gasteiger partial charge on any atom is -0.377 e. The average molecular weight is 485 g/mol. The van der Waals surface area contributed by atoms with E-state index in [0.29, 0.717) is 25.8 Å². The maximum absolute atomic E-state index is 12.1. The molecular formula is C24H29BrN4O2. The second-order valence-electron chi connectivity index (χ2n) is 8.12. The number of halogens is 1. The molecule has 6 nitrogen and oxygen atoms in total. The summed E-state index contributed by atoms with van der Waals surface area (Å²) in [5.41, 5.74) is 3.02. The number of hydrogen-bond donors (Lipinski definition) is 1. The molecule has 1 aliphatic rings. The maximum atomic E-state index is 12.1. The van der Waals surface area contributed by atoms with Crippen LogP contribution in [0.5, 0.6) is 0 Å². The van der Waals surface area contributed by atoms with Gasteiger partial charge in [-0.05, 0) is 50.6 Å². The number of aromatic nitrogens is 1. The van der Waals surface area contributed by atoms with E-state index in [9.17, 15) is 4.79 Å². The molecule has 2 heterocycles. The number of rotatable bonds is 8. The number of pyridine rings is 1. The lowest BCUT2D eigenvalue weighted by molar-refractivity contribution is -0.118. The number of amidine groups is 1. The minimum atomic E-state index is -0.402. The van der Waals surface area contributed by atoms with Crippen LogP contribution in [0.15, 0.2) is 57.1 Å². The molecule has 0 fully saturated rings. The van der Waals surface area contributed by atoms with Crippen LogP contribution < -0.4 is 5.32 Å². The minimum absolute atomic E-state index is 0.218. The molecular weight excluding hydrogens is 456 g/mol. The summed E-state index contributed by atoms with van der Waals surface area (Å²) in [6, 6.07) is 11.5. The molecule has 1 aromatic carbocycles. The number of hydrogen-bond acceptors (Lipinski definition) is 5. The number of nitrogens with one attached hydrogen (secondary N) is 1. The van der Waals surface area contributed by atoms with Gasteiger partial charge < -0.3 is 10.1 Å². The summed E-state index contributed by atoms with van der Waals surface area (Å²) in [7, 11) is 1.68. The largest absolute Gasteiger partial charge is 0.377 e. The van der Waals surface area contributed by atoms with E-state index in [1.165, 1.54) is 0 Å². The summed E-state index contributed by atoms with van der Waals surface area (Å²) in [4.78, 5) is 26.6. The number of carbonyl (C=O) groups excluding carboxylic acids is 1. The third-order valence-electron chi connectivity index (χ3n) is 5.28. The van der Waals surface area contributed by atoms with Gasteiger partial charge in [0.2, 0.25) is 0 Å². The molecule has 0 aliphatic carbocycles. The lowest BCUT2D eigenvalue weighted by Crippen LogP contribution is -2.32. The van der Waals surface area contributed by atoms with Gasteiger partial charge in [0, 0.05) is 41.9 Å². The summed E-state index contributed by atoms with van der Waals surface area (Å²) in [5, 5.41) is 3.49. The van der Waals surface area contributed by atoms with Crippen molar-refractivity contribution < 1.29 is 9.53 Å². The van der Waals surface area contributed by atoms with E-state index < -0.39 is 5.60 Å². The molecule has 164 valence electrons. The Morgan fingerprint density at radius 3 is 2.77 bits per heavy atom. The monoisotopic (exact) mass is 484 g/mol. The van der Waals surface area contributed by atoms with Crippen LogP contribution in [0.4, 0.5) is 5.69 Å². The highest BCUT2D eigenvalue weighted by molar-refractivity contribution is 9.10. The van der Waals surface area contributed by atoms with Gasteiger partial charge in [0.15, 0.2) is 0 Å². The highest BCUT2D eigenvalue weighted by atomic mass is 79.9. The molecule has 0 bridgehead atoms. The second kappa shape index (κ2) is 10.3. The van der Waals surface area contributed by atoms with Crippen molar-refractivity contribution in [2.45, 2.75) is 51.7 Å². The number of ether oxygens (including phenoxy) is 1. The SMILES string of the molecule is CCC(=O)CC[C@@H]1N=C(c2ccccn2)c2cc(Br)ccc2NC1=NCC(C)(C)OC. The molecule has 0 amide bonds. The van der Waals surface area contributed by atoms with Crippen LogP contribution in [0.1, 0.15) is 51.3 Å². The van der Waals surface area contributed by atoms with Gasteiger partial charge in [0.25, 0.3) is 0 Å². The van der Waals surface area contributed by atoms with Crippen LogP contribution in [-0.4, -0.2) is 47.6 Å². The first-order valence-corrected chi connectivity index (χ1v) is 11.3. The molecule has 0 radical (unpaired) electrons. The molecule has 7 heteroatoms. The Morgan fingerprint density at radius 2 is 2.10 bits per heavy atom. The Morgan fingerprint density at radius 1 is 1.29 bits per heavy atom. The Labute approximate surface area is 192 Å². The van der Waals surface area contributed by atoms with Gasteiger partial charge in [0.05, 0.1) is 23.6 Å². The van der Waals surface area contributed by atoms with E-state index in [1.54, 1.807) is 13.3 Å². The standard InChI is InChI=1S/C24H29BrN4O2/c1-5-17(30)10-12-21-23(27-15-24(2,3)31-4)29-19-11-9-16(25)14-18(19)22(28-21)20-8-6-7-13-26-20/h6-9,11,13-14,21H,5,10,12,15H2,1-4H3,(H,27,29)/t21-/m0/s1. The predicted octanol–water partition coefficient (Wildman–Crippen LogP) is 5.06. The van der Waals surface area contributed by atoms with Crippen LogP contribution in [-0.2, 0) is 9.53 Å². The molecule has 31 heavy (non-hydrogen) atoms. The van der Waals surface area contributed by atoms with Crippen LogP contribution in [0, 0.1) is 0 Å². The summed E-state index contributed by atoms with van der Waals surface area (Å²) in [5.74, 6) is 0.958. The Bertz CT molecular complexity index is 986. The summed E-state index contributed by atoms with van der Waals surface area (Å²) in [6.45, 7) is 6.36. The lowest BCUT2D eigenvalue weighted by Gasteiger charge is -2.22. The van der Waals surface area contributed by atoms with Crippen molar-refractivity contribution >= 4 is 38.9 Å². The zero-order valence-electron chi connectivity index (χ0n) is 18.5. The average Bonchev–Trinajstić information content (AvgIpc) is 2.93. The summed E-state index contributed by atoms with van der Waals surface area (Å²) in [6.07, 6.45) is 3.32. The molecule has 0 spiro atoms. The van der Waals surface area contributed by atoms with Gasteiger partial charge in [-0.15, -0.1) is 0 Å². The summed E-state index contributed by atoms with van der Waals surface area (Å²) < 4.78 is 6.50. The van der Waals surface area contributed by atoms with Crippen molar-refractivity contribution in [2.24, 2.45) is 9.98 Å². The summed E-state index contributed by atoms with van der Waals surface area (Å²) >= 11 is 3.58. The zero-order chi connectivity index (χ0) is 22.4. The van der Waals surface area contributed by atoms with Gasteiger partial charge in [-0.25, -0.2) is 0 Å². The maximum Gasteiger partial charge on any atom is 0.132 e. The Balaban J connectivity index is 2.11. The Kier molecular flexibility index (Phi) is 7.73. The third-order valence-corrected chi connectivity index (χ3v) is 5.77. The van der Waals surface area contributed by atoms with Crippen molar-refractivity contribution in [3.05, 3.63) is 58.3 Å². The number of benzene rings is 1. The molecule has 0 saturated carbocycles. The zero-order valence-corrected chi connectivity index (χ0v) is 20.1. The Hall–Kier alpha value is -2.38. The fourth-order valence-corrected chi connectivity index (χ4v) is 3.56. The number of nitrogens with zero attached hydrogens (tertiary/aromatic N) is 3. The number of anilines is 1. The number of methoxy groups -OCH3 is 1. The van der Waals surface area contributed by atoms with E-state index in [1.807, 2.05) is 57.2 Å². The van der Waals surface area contributed by atoms with Crippen molar-refractivity contribution in [3.63, 3.8) is 0 Å². The fraction of sp³-hybridized carbons (Fsp3) is 0.417. The van der Waals surface area contributed by atoms with Gasteiger partial charge in [-0.1, -0.05) is 28.9 Å². The van der Waals surface area contributed by atoms with Crippen molar-refractivity contribution in [1.29, 1.82) is 0 Å². The van der Waals surface area contributed by atoms with Crippen LogP contribution in [0.25, 0.3) is 0 Å². The fourth-order valence-electron chi connectivity index (χ4n) is 3.20. The van der Waals surface area contributed by atoms with E-state index in [0.717, 1.165) is 33.0 Å². The molecule has 2 aromatic rings. The van der Waals surface area contributed by atoms with Crippen molar-refractivity contribution in [1.82, 2.24) is 4.98 Å². The molecule has 1 N–H and O–H groups in total. The lowest BCUT2D eigenvalue weighted by atomic mass is 10.0. The number of carbonyl (C=O) groups is 1. The topological polar surface area (TPSA) is 75.9 Å². The van der Waals surface area contributed by atoms with Gasteiger partial charge in [0.1, 0.15) is 17.7 Å². The van der Waals surface area contributed by atoms with Gasteiger partial charge >= 0.3 is 0 Å². The number of ketones is 1. The van der Waals surface area contributed by atoms with E-state index in [2.05, 4.69) is 26.2 Å². The van der Waals surface area contributed by atoms with Crippen LogP contribution in [0.2, 0.25) is 0 Å². The first-order chi connectivity index (χ1) is 14.8. The first kappa shape index (κ1) is 23.3. The van der Waals surface area contributed by atoms with E-state index >= 15 is 0 Å². The third kappa shape index (κ3) is 6.08. The normalized spacial score (nSPS) is 17.5. The van der Waals surface area contributed by atoms with E-state index in [4.69, 9.17) is 14.7 Å². The number of Topliss-reactive ketones (excluding diaryl/α,β-unsaturated/α-hetero) is 1. The highest BCUT2D eigenvalue weighted by Crippen LogP contribution is 2.28. The van der Waals surface area contributed by atoms with Gasteiger partial charge in [-0.2, -0.15) is 0 Å². The van der Waals surface area contributed by atoms with E-state index in [-0.39, 0.29) is 11.8 Å². The number of aliphatic imine (C=N–C) groups is 2.